The zero-order chi connectivity index (χ0) is 13.9. The van der Waals surface area contributed by atoms with Crippen LogP contribution in [0.15, 0.2) is 60.7 Å². The minimum atomic E-state index is -0.572. The monoisotopic (exact) mass is 260 g/mol. The lowest BCUT2D eigenvalue weighted by atomic mass is 9.97. The molecule has 0 aliphatic carbocycles. The molecule has 0 spiro atoms. The Morgan fingerprint density at radius 3 is 2.50 bits per heavy atom. The molecule has 0 bridgehead atoms. The van der Waals surface area contributed by atoms with Crippen molar-refractivity contribution in [2.24, 2.45) is 0 Å². The summed E-state index contributed by atoms with van der Waals surface area (Å²) in [5.74, 6) is -0.0714. The molecule has 1 atom stereocenters. The fourth-order valence-corrected chi connectivity index (χ4v) is 2.37. The smallest absolute Gasteiger partial charge is 0.190 e. The van der Waals surface area contributed by atoms with Crippen LogP contribution in [0.25, 0.3) is 6.08 Å². The van der Waals surface area contributed by atoms with Crippen LogP contribution in [0.2, 0.25) is 0 Å². The Morgan fingerprint density at radius 2 is 1.75 bits per heavy atom. The lowest BCUT2D eigenvalue weighted by Gasteiger charge is -2.28. The van der Waals surface area contributed by atoms with Crippen molar-refractivity contribution in [1.29, 1.82) is 5.26 Å². The van der Waals surface area contributed by atoms with Gasteiger partial charge in [0.05, 0.1) is 5.69 Å². The van der Waals surface area contributed by atoms with Crippen molar-refractivity contribution >= 4 is 17.5 Å². The maximum atomic E-state index is 12.5. The van der Waals surface area contributed by atoms with Crippen molar-refractivity contribution in [3.63, 3.8) is 0 Å². The van der Waals surface area contributed by atoms with E-state index < -0.39 is 6.04 Å². The number of para-hydroxylation sites is 1. The van der Waals surface area contributed by atoms with Gasteiger partial charge < -0.3 is 0 Å². The molecule has 2 aromatic carbocycles. The zero-order valence-electron chi connectivity index (χ0n) is 10.7. The lowest BCUT2D eigenvalue weighted by Crippen LogP contribution is -2.38. The molecule has 0 aromatic heterocycles. The minimum absolute atomic E-state index is 0.0714. The van der Waals surface area contributed by atoms with E-state index in [-0.39, 0.29) is 5.78 Å². The highest BCUT2D eigenvalue weighted by Gasteiger charge is 2.28. The van der Waals surface area contributed by atoms with Gasteiger partial charge in [0.2, 0.25) is 0 Å². The summed E-state index contributed by atoms with van der Waals surface area (Å²) in [5.41, 5.74) is 2.33. The van der Waals surface area contributed by atoms with Gasteiger partial charge in [0.1, 0.15) is 6.04 Å². The number of rotatable bonds is 2. The quantitative estimate of drug-likeness (QED) is 0.615. The summed E-state index contributed by atoms with van der Waals surface area (Å²) in [6.07, 6.45) is 5.80. The van der Waals surface area contributed by atoms with Gasteiger partial charge in [0, 0.05) is 5.56 Å². The highest BCUT2D eigenvalue weighted by atomic mass is 16.1. The number of Topliss-reactive ketones (excluding diaryl/α,β-unsaturated/α-hetero) is 1. The van der Waals surface area contributed by atoms with Gasteiger partial charge in [-0.2, -0.15) is 5.26 Å². The summed E-state index contributed by atoms with van der Waals surface area (Å²) in [6.45, 7) is 0. The van der Waals surface area contributed by atoms with Crippen LogP contribution in [-0.2, 0) is 0 Å². The first-order chi connectivity index (χ1) is 9.81. The van der Waals surface area contributed by atoms with Gasteiger partial charge in [-0.3, -0.25) is 9.69 Å². The maximum Gasteiger partial charge on any atom is 0.190 e. The molecule has 1 aliphatic rings. The largest absolute Gasteiger partial charge is 0.291 e. The minimum Gasteiger partial charge on any atom is -0.291 e. The third-order valence-electron chi connectivity index (χ3n) is 3.37. The van der Waals surface area contributed by atoms with Crippen molar-refractivity contribution in [2.45, 2.75) is 6.04 Å². The van der Waals surface area contributed by atoms with Crippen molar-refractivity contribution in [2.75, 3.05) is 4.90 Å². The van der Waals surface area contributed by atoms with Crippen LogP contribution in [0.5, 0.6) is 0 Å². The molecule has 1 unspecified atom stereocenters. The molecule has 1 heterocycles. The van der Waals surface area contributed by atoms with E-state index in [2.05, 4.69) is 6.19 Å². The van der Waals surface area contributed by atoms with Gasteiger partial charge in [-0.05, 0) is 11.6 Å². The van der Waals surface area contributed by atoms with E-state index in [1.54, 1.807) is 18.2 Å². The number of fused-ring (bicyclic) bond motifs is 1. The van der Waals surface area contributed by atoms with Crippen molar-refractivity contribution in [3.8, 4) is 6.19 Å². The maximum absolute atomic E-state index is 12.5. The summed E-state index contributed by atoms with van der Waals surface area (Å²) in [6, 6.07) is 16.0. The highest BCUT2D eigenvalue weighted by Crippen LogP contribution is 2.29. The van der Waals surface area contributed by atoms with Crippen LogP contribution in [0.4, 0.5) is 5.69 Å². The number of carbonyl (C=O) groups excluding carboxylic acids is 1. The second-order valence-corrected chi connectivity index (χ2v) is 4.56. The summed E-state index contributed by atoms with van der Waals surface area (Å²) in [5, 5.41) is 9.39. The van der Waals surface area contributed by atoms with Gasteiger partial charge in [-0.15, -0.1) is 0 Å². The highest BCUT2D eigenvalue weighted by molar-refractivity contribution is 6.05. The molecule has 0 saturated heterocycles. The van der Waals surface area contributed by atoms with E-state index in [0.29, 0.717) is 5.56 Å². The average Bonchev–Trinajstić information content (AvgIpc) is 2.54. The topological polar surface area (TPSA) is 44.1 Å². The Kier molecular flexibility index (Phi) is 3.06. The second kappa shape index (κ2) is 5.02. The molecule has 20 heavy (non-hydrogen) atoms. The predicted molar refractivity (Wildman–Crippen MR) is 78.1 cm³/mol. The standard InChI is InChI=1S/C17H12N2O/c18-12-19-15-9-5-4-6-13(15)10-11-16(19)17(20)14-7-2-1-3-8-14/h1-11,16H. The molecule has 0 N–H and O–H groups in total. The van der Waals surface area contributed by atoms with E-state index in [1.807, 2.05) is 48.5 Å². The molecule has 1 aliphatic heterocycles. The zero-order valence-corrected chi connectivity index (χ0v) is 10.7. The molecule has 0 amide bonds. The predicted octanol–water partition coefficient (Wildman–Crippen LogP) is 3.25. The molecule has 3 nitrogen and oxygen atoms in total. The fraction of sp³-hybridized carbons (Fsp3) is 0.0588. The third-order valence-corrected chi connectivity index (χ3v) is 3.37. The first-order valence-corrected chi connectivity index (χ1v) is 6.37. The molecule has 0 radical (unpaired) electrons. The Labute approximate surface area is 117 Å². The number of benzene rings is 2. The molecular formula is C17H12N2O. The lowest BCUT2D eigenvalue weighted by molar-refractivity contribution is 0.0978. The summed E-state index contributed by atoms with van der Waals surface area (Å²) in [7, 11) is 0. The van der Waals surface area contributed by atoms with E-state index in [4.69, 9.17) is 0 Å². The van der Waals surface area contributed by atoms with Gasteiger partial charge in [0.25, 0.3) is 0 Å². The normalized spacial score (nSPS) is 16.4. The van der Waals surface area contributed by atoms with Gasteiger partial charge in [-0.25, -0.2) is 0 Å². The number of hydrogen-bond donors (Lipinski definition) is 0. The fourth-order valence-electron chi connectivity index (χ4n) is 2.37. The summed E-state index contributed by atoms with van der Waals surface area (Å²) in [4.78, 5) is 14.0. The van der Waals surface area contributed by atoms with Crippen LogP contribution in [0.3, 0.4) is 0 Å². The Balaban J connectivity index is 2.01. The molecular weight excluding hydrogens is 248 g/mol. The average molecular weight is 260 g/mol. The first kappa shape index (κ1) is 12.2. The Hall–Kier alpha value is -2.86. The van der Waals surface area contributed by atoms with Crippen LogP contribution in [-0.4, -0.2) is 11.8 Å². The Bertz CT molecular complexity index is 713. The summed E-state index contributed by atoms with van der Waals surface area (Å²) >= 11 is 0. The number of carbonyl (C=O) groups is 1. The van der Waals surface area contributed by atoms with E-state index in [1.165, 1.54) is 4.90 Å². The van der Waals surface area contributed by atoms with E-state index in [0.717, 1.165) is 11.3 Å². The third kappa shape index (κ3) is 1.98. The number of nitrogens with zero attached hydrogens (tertiary/aromatic N) is 2. The van der Waals surface area contributed by atoms with E-state index >= 15 is 0 Å². The van der Waals surface area contributed by atoms with Crippen LogP contribution >= 0.6 is 0 Å². The molecule has 0 fully saturated rings. The van der Waals surface area contributed by atoms with Crippen molar-refractivity contribution in [3.05, 3.63) is 71.8 Å². The van der Waals surface area contributed by atoms with Crippen LogP contribution < -0.4 is 4.90 Å². The first-order valence-electron chi connectivity index (χ1n) is 6.37. The SMILES string of the molecule is N#CN1c2ccccc2C=CC1C(=O)c1ccccc1. The molecule has 2 aromatic rings. The molecule has 3 rings (SSSR count). The number of anilines is 1. The molecule has 96 valence electrons. The van der Waals surface area contributed by atoms with Crippen LogP contribution in [0.1, 0.15) is 15.9 Å². The molecule has 0 saturated carbocycles. The number of hydrogen-bond acceptors (Lipinski definition) is 3. The van der Waals surface area contributed by atoms with Gasteiger partial charge >= 0.3 is 0 Å². The Morgan fingerprint density at radius 1 is 1.05 bits per heavy atom. The van der Waals surface area contributed by atoms with Crippen molar-refractivity contribution < 1.29 is 4.79 Å². The van der Waals surface area contributed by atoms with Gasteiger partial charge in [0.15, 0.2) is 12.0 Å². The second-order valence-electron chi connectivity index (χ2n) is 4.56. The number of ketones is 1. The number of nitriles is 1. The van der Waals surface area contributed by atoms with Crippen LogP contribution in [0, 0.1) is 11.5 Å². The van der Waals surface area contributed by atoms with Gasteiger partial charge in [-0.1, -0.05) is 60.7 Å². The summed E-state index contributed by atoms with van der Waals surface area (Å²) < 4.78 is 0. The van der Waals surface area contributed by atoms with Crippen molar-refractivity contribution in [1.82, 2.24) is 0 Å². The van der Waals surface area contributed by atoms with E-state index in [9.17, 15) is 10.1 Å². The molecule has 3 heteroatoms.